The monoisotopic (exact) mass is 507 g/mol. The second kappa shape index (κ2) is 23.4. The molecule has 8 heavy (non-hydrogen) atoms. The minimum Gasteiger partial charge on any atom is -0.715 e. The minimum atomic E-state index is 0. The average Bonchev–Trinajstić information content (AvgIpc) is 1.41. The molecule has 0 unspecified atom stereocenters. The van der Waals surface area contributed by atoms with Crippen LogP contribution in [0.25, 0.3) is 5.32 Å². The Hall–Kier alpha value is 1.70. The Morgan fingerprint density at radius 3 is 1.38 bits per heavy atom. The minimum absolute atomic E-state index is 0. The van der Waals surface area contributed by atoms with Crippen LogP contribution in [0.1, 0.15) is 0 Å². The summed E-state index contributed by atoms with van der Waals surface area (Å²) in [4.78, 5) is 0. The first-order valence-corrected chi connectivity index (χ1v) is 1.63. The van der Waals surface area contributed by atoms with Crippen molar-refractivity contribution < 1.29 is 52.2 Å². The van der Waals surface area contributed by atoms with Gasteiger partial charge < -0.3 is 26.6 Å². The Kier molecular flexibility index (Phi) is 66.0. The predicted molar refractivity (Wildman–Crippen MR) is 30.2 cm³/mol. The first kappa shape index (κ1) is 22.6. The maximum absolute atomic E-state index is 3.75. The van der Waals surface area contributed by atoms with Gasteiger partial charge in [-0.2, -0.15) is 0 Å². The van der Waals surface area contributed by atoms with E-state index in [9.17, 15) is 0 Å². The van der Waals surface area contributed by atoms with Gasteiger partial charge in [-0.25, -0.2) is 0 Å². The molecule has 0 aliphatic heterocycles. The van der Waals surface area contributed by atoms with Crippen LogP contribution >= 0.6 is 0 Å². The molecule has 0 aliphatic rings. The third kappa shape index (κ3) is 25.2. The molecule has 0 atom stereocenters. The zero-order valence-electron chi connectivity index (χ0n) is 5.18. The van der Waals surface area contributed by atoms with Crippen molar-refractivity contribution >= 4 is 0 Å². The molecule has 46 valence electrons. The van der Waals surface area contributed by atoms with E-state index in [4.69, 9.17) is 0 Å². The van der Waals surface area contributed by atoms with E-state index in [0.29, 0.717) is 13.1 Å². The van der Waals surface area contributed by atoms with Gasteiger partial charge in [0.05, 0.1) is 0 Å². The van der Waals surface area contributed by atoms with E-state index in [-0.39, 0.29) is 59.6 Å². The van der Waals surface area contributed by atoms with Gasteiger partial charge in [-0.3, -0.25) is 13.1 Å². The molecule has 0 aromatic heterocycles. The molecule has 0 aromatic carbocycles. The first-order chi connectivity index (χ1) is 2.41. The molecule has 0 heterocycles. The quantitative estimate of drug-likeness (QED) is 0.504. The van der Waals surface area contributed by atoms with Gasteiger partial charge in [0.2, 0.25) is 0 Å². The number of rotatable bonds is 2. The van der Waals surface area contributed by atoms with Gasteiger partial charge >= 0.3 is 52.2 Å². The van der Waals surface area contributed by atoms with Crippen LogP contribution in [0.15, 0.2) is 0 Å². The fourth-order valence-corrected chi connectivity index (χ4v) is 0.112. The summed E-state index contributed by atoms with van der Waals surface area (Å²) in [6, 6.07) is 0. The molecule has 0 aliphatic carbocycles. The maximum atomic E-state index is 3.75. The summed E-state index contributed by atoms with van der Waals surface area (Å²) >= 11 is 0. The summed E-state index contributed by atoms with van der Waals surface area (Å²) in [5.74, 6) is 0. The molecule has 0 spiro atoms. The van der Waals surface area contributed by atoms with Crippen molar-refractivity contribution in [1.29, 1.82) is 0 Å². The van der Waals surface area contributed by atoms with Crippen molar-refractivity contribution in [2.45, 2.75) is 0 Å². The largest absolute Gasteiger partial charge is 2.00 e. The van der Waals surface area contributed by atoms with Crippen molar-refractivity contribution in [3.8, 4) is 0 Å². The average molecular weight is 507 g/mol. The smallest absolute Gasteiger partial charge is 0.715 e. The number of hydrogen-bond acceptors (Lipinski definition) is 0. The molecule has 0 bridgehead atoms. The van der Waals surface area contributed by atoms with Crippen LogP contribution in [0.5, 0.6) is 0 Å². The standard InChI is InChI=1S/C4H8N.CH3.U.W/c1-3-5-4-2;;;/h1-4H2;1H3;;/q-3;-1;2*+2. The fourth-order valence-electron chi connectivity index (χ4n) is 0.112. The second-order valence-electron chi connectivity index (χ2n) is 0.671. The number of nitrogens with zero attached hydrogens (tertiary/aromatic N) is 1. The molecule has 0 radical (unpaired) electrons. The van der Waals surface area contributed by atoms with Crippen LogP contribution in [0.4, 0.5) is 0 Å². The summed E-state index contributed by atoms with van der Waals surface area (Å²) in [6.45, 7) is 8.25. The number of hydrogen-bond donors (Lipinski definition) is 0. The molecular formula is C5H11NUW. The van der Waals surface area contributed by atoms with Gasteiger partial charge in [0.1, 0.15) is 0 Å². The van der Waals surface area contributed by atoms with Crippen LogP contribution < -0.4 is 0 Å². The zero-order valence-corrected chi connectivity index (χ0v) is 12.3. The molecule has 0 aromatic rings. The van der Waals surface area contributed by atoms with Crippen molar-refractivity contribution in [2.75, 3.05) is 13.1 Å². The second-order valence-corrected chi connectivity index (χ2v) is 0.671. The molecule has 0 saturated carbocycles. The van der Waals surface area contributed by atoms with E-state index >= 15 is 0 Å². The Bertz CT molecular complexity index is 19.9. The van der Waals surface area contributed by atoms with Crippen molar-refractivity contribution in [2.24, 2.45) is 0 Å². The summed E-state index contributed by atoms with van der Waals surface area (Å²) < 4.78 is 0. The SMILES string of the molecule is [CH2-]C[N-]C[CH2-].[CH3-].[U+2].[W+2]. The van der Waals surface area contributed by atoms with Crippen LogP contribution in [0.2, 0.25) is 0 Å². The normalized spacial score (nSPS) is 5.25. The molecule has 0 amide bonds. The van der Waals surface area contributed by atoms with E-state index in [0.717, 1.165) is 0 Å². The molecule has 0 rings (SSSR count). The van der Waals surface area contributed by atoms with Crippen LogP contribution in [0, 0.1) is 52.4 Å². The molecule has 0 N–H and O–H groups in total. The summed E-state index contributed by atoms with van der Waals surface area (Å²) in [5.41, 5.74) is 0. The Morgan fingerprint density at radius 2 is 1.38 bits per heavy atom. The van der Waals surface area contributed by atoms with Gasteiger partial charge in [-0.1, -0.05) is 0 Å². The molecule has 0 fully saturated rings. The van der Waals surface area contributed by atoms with E-state index in [1.807, 2.05) is 0 Å². The van der Waals surface area contributed by atoms with E-state index in [1.165, 1.54) is 0 Å². The van der Waals surface area contributed by atoms with Gasteiger partial charge in [-0.05, 0) is 0 Å². The molecule has 0 saturated heterocycles. The third-order valence-electron chi connectivity index (χ3n) is 0.316. The van der Waals surface area contributed by atoms with E-state index in [2.05, 4.69) is 19.2 Å². The topological polar surface area (TPSA) is 14.1 Å². The van der Waals surface area contributed by atoms with E-state index < -0.39 is 0 Å². The molecule has 1 nitrogen and oxygen atoms in total. The van der Waals surface area contributed by atoms with Gasteiger partial charge in [0.15, 0.2) is 0 Å². The Morgan fingerprint density at radius 1 is 1.12 bits per heavy atom. The predicted octanol–water partition coefficient (Wildman–Crippen LogP) is 1.48. The van der Waals surface area contributed by atoms with E-state index in [1.54, 1.807) is 0 Å². The van der Waals surface area contributed by atoms with Gasteiger partial charge in [-0.15, -0.1) is 0 Å². The summed E-state index contributed by atoms with van der Waals surface area (Å²) in [6.07, 6.45) is 0. The summed E-state index contributed by atoms with van der Waals surface area (Å²) in [5, 5.41) is 3.75. The molecule has 3 heteroatoms. The van der Waals surface area contributed by atoms with Crippen LogP contribution in [-0.4, -0.2) is 13.1 Å². The zero-order chi connectivity index (χ0) is 4.12. The fraction of sp³-hybridized carbons (Fsp3) is 0.400. The van der Waals surface area contributed by atoms with Crippen molar-refractivity contribution in [1.82, 2.24) is 0 Å². The first-order valence-electron chi connectivity index (χ1n) is 1.63. The van der Waals surface area contributed by atoms with Gasteiger partial charge in [0.25, 0.3) is 0 Å². The maximum Gasteiger partial charge on any atom is 2.00 e. The van der Waals surface area contributed by atoms with Crippen molar-refractivity contribution in [3.05, 3.63) is 26.6 Å². The van der Waals surface area contributed by atoms with Crippen LogP contribution in [-0.2, 0) is 21.1 Å². The van der Waals surface area contributed by atoms with Gasteiger partial charge in [0, 0.05) is 0 Å². The third-order valence-corrected chi connectivity index (χ3v) is 0.316. The molecular weight excluding hydrogens is 496 g/mol. The summed E-state index contributed by atoms with van der Waals surface area (Å²) in [7, 11) is 0. The Balaban J connectivity index is -0.0000000267. The Labute approximate surface area is 91.0 Å². The van der Waals surface area contributed by atoms with Crippen LogP contribution in [0.3, 0.4) is 0 Å². The van der Waals surface area contributed by atoms with Crippen molar-refractivity contribution in [3.63, 3.8) is 0 Å².